The molecule has 3 rings (SSSR count). The van der Waals surface area contributed by atoms with E-state index in [-0.39, 0.29) is 0 Å². The summed E-state index contributed by atoms with van der Waals surface area (Å²) in [5, 5.41) is 0.696. The Morgan fingerprint density at radius 3 is 2.71 bits per heavy atom. The average Bonchev–Trinajstić information content (AvgIpc) is 3.00. The highest BCUT2D eigenvalue weighted by atomic mass is 35.5. The molecule has 2 heterocycles. The highest BCUT2D eigenvalue weighted by Crippen LogP contribution is 2.27. The molecule has 0 bridgehead atoms. The van der Waals surface area contributed by atoms with Gasteiger partial charge in [-0.05, 0) is 6.07 Å². The molecular weight excluding hydrogens is 236 g/mol. The van der Waals surface area contributed by atoms with E-state index >= 15 is 0 Å². The summed E-state index contributed by atoms with van der Waals surface area (Å²) in [6.07, 6.45) is 5.19. The smallest absolute Gasteiger partial charge is 0.174 e. The Balaban J connectivity index is 2.04. The van der Waals surface area contributed by atoms with E-state index in [1.807, 2.05) is 24.3 Å². The molecule has 2 aromatic heterocycles. The summed E-state index contributed by atoms with van der Waals surface area (Å²) in [7, 11) is 0. The van der Waals surface area contributed by atoms with Crippen LogP contribution in [0, 0.1) is 0 Å². The van der Waals surface area contributed by atoms with Crippen molar-refractivity contribution in [1.82, 2.24) is 19.9 Å². The lowest BCUT2D eigenvalue weighted by molar-refractivity contribution is 1.20. The molecule has 0 unspecified atom stereocenters. The molecule has 0 fully saturated rings. The number of hydrogen-bond acceptors (Lipinski definition) is 2. The molecular formula is C12H9ClN4. The van der Waals surface area contributed by atoms with Crippen LogP contribution in [0.25, 0.3) is 22.9 Å². The van der Waals surface area contributed by atoms with E-state index in [4.69, 9.17) is 11.6 Å². The van der Waals surface area contributed by atoms with Gasteiger partial charge in [-0.2, -0.15) is 0 Å². The average molecular weight is 245 g/mol. The zero-order valence-electron chi connectivity index (χ0n) is 8.81. The minimum Gasteiger partial charge on any atom is -0.342 e. The van der Waals surface area contributed by atoms with Gasteiger partial charge in [0.05, 0.1) is 11.9 Å². The van der Waals surface area contributed by atoms with Crippen LogP contribution in [0.5, 0.6) is 0 Å². The first-order valence-corrected chi connectivity index (χ1v) is 5.52. The molecule has 0 saturated carbocycles. The number of hydrogen-bond donors (Lipinski definition) is 2. The highest BCUT2D eigenvalue weighted by Gasteiger charge is 2.08. The lowest BCUT2D eigenvalue weighted by Gasteiger charge is -1.99. The predicted octanol–water partition coefficient (Wildman–Crippen LogP) is 3.12. The van der Waals surface area contributed by atoms with Crippen molar-refractivity contribution in [3.05, 3.63) is 47.9 Å². The SMILES string of the molecule is Clc1ccccc1-c1cnc(-c2ncc[nH]2)[nH]1. The van der Waals surface area contributed by atoms with E-state index in [2.05, 4.69) is 19.9 Å². The third-order valence-corrected chi connectivity index (χ3v) is 2.79. The van der Waals surface area contributed by atoms with Crippen molar-refractivity contribution in [2.75, 3.05) is 0 Å². The van der Waals surface area contributed by atoms with Gasteiger partial charge in [-0.1, -0.05) is 29.8 Å². The summed E-state index contributed by atoms with van der Waals surface area (Å²) in [5.74, 6) is 1.41. The number of rotatable bonds is 2. The van der Waals surface area contributed by atoms with Crippen LogP contribution in [0.1, 0.15) is 0 Å². The van der Waals surface area contributed by atoms with Gasteiger partial charge in [0.1, 0.15) is 0 Å². The minimum atomic E-state index is 0.696. The Labute approximate surface area is 103 Å². The van der Waals surface area contributed by atoms with Crippen LogP contribution in [-0.4, -0.2) is 19.9 Å². The number of nitrogens with zero attached hydrogens (tertiary/aromatic N) is 2. The van der Waals surface area contributed by atoms with Crippen LogP contribution in [-0.2, 0) is 0 Å². The Morgan fingerprint density at radius 1 is 1.06 bits per heavy atom. The fraction of sp³-hybridized carbons (Fsp3) is 0. The molecule has 84 valence electrons. The van der Waals surface area contributed by atoms with E-state index in [1.165, 1.54) is 0 Å². The van der Waals surface area contributed by atoms with E-state index in [9.17, 15) is 0 Å². The van der Waals surface area contributed by atoms with Crippen molar-refractivity contribution in [2.24, 2.45) is 0 Å². The Morgan fingerprint density at radius 2 is 1.94 bits per heavy atom. The predicted molar refractivity (Wildman–Crippen MR) is 66.6 cm³/mol. The number of nitrogens with one attached hydrogen (secondary N) is 2. The Bertz CT molecular complexity index is 628. The second kappa shape index (κ2) is 4.07. The number of H-pyrrole nitrogens is 2. The molecule has 0 atom stereocenters. The molecule has 0 saturated heterocycles. The van der Waals surface area contributed by atoms with Gasteiger partial charge in [0.15, 0.2) is 11.6 Å². The van der Waals surface area contributed by atoms with Crippen molar-refractivity contribution in [3.63, 3.8) is 0 Å². The van der Waals surface area contributed by atoms with Crippen molar-refractivity contribution < 1.29 is 0 Å². The lowest BCUT2D eigenvalue weighted by Crippen LogP contribution is -1.83. The quantitative estimate of drug-likeness (QED) is 0.728. The zero-order chi connectivity index (χ0) is 11.7. The number of aromatic amines is 2. The number of benzene rings is 1. The summed E-state index contributed by atoms with van der Waals surface area (Å²) in [6.45, 7) is 0. The number of aromatic nitrogens is 4. The molecule has 2 N–H and O–H groups in total. The van der Waals surface area contributed by atoms with Gasteiger partial charge in [0.2, 0.25) is 0 Å². The van der Waals surface area contributed by atoms with E-state index in [0.29, 0.717) is 16.7 Å². The van der Waals surface area contributed by atoms with E-state index in [1.54, 1.807) is 18.6 Å². The van der Waals surface area contributed by atoms with Gasteiger partial charge >= 0.3 is 0 Å². The minimum absolute atomic E-state index is 0.696. The molecule has 4 nitrogen and oxygen atoms in total. The van der Waals surface area contributed by atoms with Gasteiger partial charge in [0, 0.05) is 23.0 Å². The number of halogens is 1. The van der Waals surface area contributed by atoms with Gasteiger partial charge in [-0.15, -0.1) is 0 Å². The van der Waals surface area contributed by atoms with Crippen LogP contribution in [0.15, 0.2) is 42.9 Å². The second-order valence-electron chi connectivity index (χ2n) is 3.56. The maximum Gasteiger partial charge on any atom is 0.174 e. The molecule has 1 aromatic carbocycles. The Kier molecular flexibility index (Phi) is 2.42. The molecule has 5 heteroatoms. The molecule has 3 aromatic rings. The molecule has 0 radical (unpaired) electrons. The van der Waals surface area contributed by atoms with Gasteiger partial charge in [-0.3, -0.25) is 0 Å². The molecule has 0 aliphatic carbocycles. The van der Waals surface area contributed by atoms with E-state index in [0.717, 1.165) is 11.3 Å². The van der Waals surface area contributed by atoms with Crippen molar-refractivity contribution in [1.29, 1.82) is 0 Å². The van der Waals surface area contributed by atoms with Crippen LogP contribution in [0.4, 0.5) is 0 Å². The largest absolute Gasteiger partial charge is 0.342 e. The normalized spacial score (nSPS) is 10.6. The summed E-state index contributed by atoms with van der Waals surface area (Å²) in [5.41, 5.74) is 1.81. The number of imidazole rings is 2. The summed E-state index contributed by atoms with van der Waals surface area (Å²) in [6, 6.07) is 7.64. The molecule has 0 aliphatic rings. The fourth-order valence-corrected chi connectivity index (χ4v) is 1.89. The first-order chi connectivity index (χ1) is 8.34. The summed E-state index contributed by atoms with van der Waals surface area (Å²) >= 11 is 6.12. The standard InChI is InChI=1S/C12H9ClN4/c13-9-4-2-1-3-8(9)10-7-16-12(17-10)11-14-5-6-15-11/h1-7H,(H,14,15)(H,16,17). The van der Waals surface area contributed by atoms with E-state index < -0.39 is 0 Å². The summed E-state index contributed by atoms with van der Waals surface area (Å²) < 4.78 is 0. The van der Waals surface area contributed by atoms with Crippen LogP contribution < -0.4 is 0 Å². The van der Waals surface area contributed by atoms with Crippen molar-refractivity contribution in [3.8, 4) is 22.9 Å². The Hall–Kier alpha value is -2.07. The first-order valence-electron chi connectivity index (χ1n) is 5.14. The van der Waals surface area contributed by atoms with Crippen molar-refractivity contribution >= 4 is 11.6 Å². The van der Waals surface area contributed by atoms with Gasteiger partial charge in [0.25, 0.3) is 0 Å². The summed E-state index contributed by atoms with van der Waals surface area (Å²) in [4.78, 5) is 14.6. The van der Waals surface area contributed by atoms with Gasteiger partial charge in [-0.25, -0.2) is 9.97 Å². The van der Waals surface area contributed by atoms with Crippen LogP contribution in [0.3, 0.4) is 0 Å². The van der Waals surface area contributed by atoms with Gasteiger partial charge < -0.3 is 9.97 Å². The lowest BCUT2D eigenvalue weighted by atomic mass is 10.2. The third kappa shape index (κ3) is 1.83. The van der Waals surface area contributed by atoms with Crippen LogP contribution >= 0.6 is 11.6 Å². The maximum atomic E-state index is 6.12. The molecule has 0 aliphatic heterocycles. The van der Waals surface area contributed by atoms with Crippen molar-refractivity contribution in [2.45, 2.75) is 0 Å². The molecule has 0 amide bonds. The fourth-order valence-electron chi connectivity index (χ4n) is 1.65. The third-order valence-electron chi connectivity index (χ3n) is 2.46. The zero-order valence-corrected chi connectivity index (χ0v) is 9.57. The van der Waals surface area contributed by atoms with Crippen LogP contribution in [0.2, 0.25) is 5.02 Å². The first kappa shape index (κ1) is 10.1. The highest BCUT2D eigenvalue weighted by molar-refractivity contribution is 6.33. The topological polar surface area (TPSA) is 57.4 Å². The molecule has 0 spiro atoms. The maximum absolute atomic E-state index is 6.12. The second-order valence-corrected chi connectivity index (χ2v) is 3.97. The molecule has 17 heavy (non-hydrogen) atoms. The monoisotopic (exact) mass is 244 g/mol.